The Kier molecular flexibility index (Phi) is 6.03. The van der Waals surface area contributed by atoms with Gasteiger partial charge in [-0.3, -0.25) is 18.9 Å². The van der Waals surface area contributed by atoms with Crippen molar-refractivity contribution < 1.29 is 9.47 Å². The Hall–Kier alpha value is -3.18. The Morgan fingerprint density at radius 1 is 0.657 bits per heavy atom. The lowest BCUT2D eigenvalue weighted by molar-refractivity contribution is 0.114. The van der Waals surface area contributed by atoms with Crippen LogP contribution in [0.1, 0.15) is 0 Å². The molecule has 0 N–H and O–H groups in total. The molecule has 0 amide bonds. The molecule has 6 rings (SSSR count). The molecule has 0 aliphatic carbocycles. The molecular formula is C25H32N8O2. The summed E-state index contributed by atoms with van der Waals surface area (Å²) in [5, 5.41) is 0. The van der Waals surface area contributed by atoms with E-state index in [1.165, 1.54) is 0 Å². The quantitative estimate of drug-likeness (QED) is 0.384. The minimum atomic E-state index is 0.680. The zero-order chi connectivity index (χ0) is 23.8. The summed E-state index contributed by atoms with van der Waals surface area (Å²) in [6.07, 6.45) is 0. The first-order valence-corrected chi connectivity index (χ1v) is 12.1. The van der Waals surface area contributed by atoms with Crippen molar-refractivity contribution in [1.29, 1.82) is 0 Å². The van der Waals surface area contributed by atoms with Gasteiger partial charge < -0.3 is 19.3 Å². The average molecular weight is 477 g/mol. The Balaban J connectivity index is 1.36. The molecule has 2 aromatic carbocycles. The largest absolute Gasteiger partial charge is 0.383 e. The van der Waals surface area contributed by atoms with E-state index in [1.54, 1.807) is 14.2 Å². The topological polar surface area (TPSA) is 67.1 Å². The fourth-order valence-corrected chi connectivity index (χ4v) is 5.13. The average Bonchev–Trinajstić information content (AvgIpc) is 3.45. The highest BCUT2D eigenvalue weighted by molar-refractivity contribution is 5.80. The summed E-state index contributed by atoms with van der Waals surface area (Å²) in [5.41, 5.74) is 4.35. The molecule has 35 heavy (non-hydrogen) atoms. The van der Waals surface area contributed by atoms with Crippen LogP contribution in [-0.4, -0.2) is 89.4 Å². The molecule has 0 spiro atoms. The number of rotatable bonds is 8. The van der Waals surface area contributed by atoms with Gasteiger partial charge >= 0.3 is 0 Å². The lowest BCUT2D eigenvalue weighted by atomic mass is 10.3. The summed E-state index contributed by atoms with van der Waals surface area (Å²) in [6, 6.07) is 16.7. The van der Waals surface area contributed by atoms with Gasteiger partial charge in [0.25, 0.3) is 0 Å². The number of fused-ring (bicyclic) bond motifs is 6. The number of nitrogens with zero attached hydrogens (tertiary/aromatic N) is 8. The van der Waals surface area contributed by atoms with Crippen molar-refractivity contribution in [3.8, 4) is 0 Å². The van der Waals surface area contributed by atoms with Crippen LogP contribution in [0.15, 0.2) is 48.5 Å². The van der Waals surface area contributed by atoms with Crippen molar-refractivity contribution in [1.82, 2.24) is 28.9 Å². The van der Waals surface area contributed by atoms with Gasteiger partial charge in [0, 0.05) is 27.3 Å². The van der Waals surface area contributed by atoms with E-state index in [0.29, 0.717) is 19.9 Å². The number of benzene rings is 2. The maximum Gasteiger partial charge on any atom is 0.210 e. The molecule has 184 valence electrons. The van der Waals surface area contributed by atoms with Crippen LogP contribution >= 0.6 is 0 Å². The van der Waals surface area contributed by atoms with E-state index in [0.717, 1.165) is 73.7 Å². The first-order valence-electron chi connectivity index (χ1n) is 12.1. The van der Waals surface area contributed by atoms with Crippen molar-refractivity contribution >= 4 is 34.0 Å². The summed E-state index contributed by atoms with van der Waals surface area (Å²) in [6.45, 7) is 6.94. The molecule has 0 fully saturated rings. The molecule has 0 atom stereocenters. The van der Waals surface area contributed by atoms with E-state index >= 15 is 0 Å². The molecule has 2 aromatic heterocycles. The van der Waals surface area contributed by atoms with Crippen molar-refractivity contribution in [3.05, 3.63) is 48.5 Å². The van der Waals surface area contributed by atoms with Crippen molar-refractivity contribution in [2.75, 3.05) is 70.3 Å². The number of anilines is 2. The van der Waals surface area contributed by atoms with Gasteiger partial charge in [-0.15, -0.1) is 0 Å². The SMILES string of the molecule is COCCN1CN(CN2CN(CCOC)Cn3c2nc2ccccc23)c2nc3ccccc3n2C1. The number of para-hydroxylation sites is 4. The van der Waals surface area contributed by atoms with E-state index in [1.807, 2.05) is 0 Å². The summed E-state index contributed by atoms with van der Waals surface area (Å²) >= 11 is 0. The third-order valence-electron chi connectivity index (χ3n) is 6.82. The van der Waals surface area contributed by atoms with E-state index < -0.39 is 0 Å². The van der Waals surface area contributed by atoms with Crippen LogP contribution in [0, 0.1) is 0 Å². The van der Waals surface area contributed by atoms with Crippen LogP contribution in [-0.2, 0) is 22.8 Å². The van der Waals surface area contributed by atoms with Gasteiger partial charge in [-0.25, -0.2) is 9.97 Å². The first kappa shape index (κ1) is 22.3. The van der Waals surface area contributed by atoms with Crippen LogP contribution in [0.25, 0.3) is 22.1 Å². The van der Waals surface area contributed by atoms with Gasteiger partial charge in [0.15, 0.2) is 0 Å². The van der Waals surface area contributed by atoms with Gasteiger partial charge in [-0.05, 0) is 24.3 Å². The van der Waals surface area contributed by atoms with E-state index in [9.17, 15) is 0 Å². The second kappa shape index (κ2) is 9.46. The highest BCUT2D eigenvalue weighted by atomic mass is 16.5. The lowest BCUT2D eigenvalue weighted by Crippen LogP contribution is -2.54. The van der Waals surface area contributed by atoms with Gasteiger partial charge in [0.05, 0.1) is 68.6 Å². The summed E-state index contributed by atoms with van der Waals surface area (Å²) < 4.78 is 15.4. The molecule has 4 aromatic rings. The molecule has 0 radical (unpaired) electrons. The first-order chi connectivity index (χ1) is 17.2. The summed E-state index contributed by atoms with van der Waals surface area (Å²) in [4.78, 5) is 19.6. The molecule has 4 heterocycles. The molecule has 0 bridgehead atoms. The van der Waals surface area contributed by atoms with Gasteiger partial charge in [-0.1, -0.05) is 24.3 Å². The molecular weight excluding hydrogens is 444 g/mol. The van der Waals surface area contributed by atoms with Gasteiger partial charge in [-0.2, -0.15) is 0 Å². The highest BCUT2D eigenvalue weighted by Gasteiger charge is 2.31. The fourth-order valence-electron chi connectivity index (χ4n) is 5.13. The van der Waals surface area contributed by atoms with Crippen LogP contribution in [0.3, 0.4) is 0 Å². The molecule has 0 unspecified atom stereocenters. The zero-order valence-corrected chi connectivity index (χ0v) is 20.4. The van der Waals surface area contributed by atoms with Crippen molar-refractivity contribution in [2.24, 2.45) is 0 Å². The molecule has 2 aliphatic heterocycles. The van der Waals surface area contributed by atoms with Crippen molar-refractivity contribution in [3.63, 3.8) is 0 Å². The monoisotopic (exact) mass is 476 g/mol. The predicted molar refractivity (Wildman–Crippen MR) is 136 cm³/mol. The van der Waals surface area contributed by atoms with Crippen LogP contribution in [0.5, 0.6) is 0 Å². The number of methoxy groups -OCH3 is 2. The zero-order valence-electron chi connectivity index (χ0n) is 20.4. The Bertz CT molecular complexity index is 1220. The highest BCUT2D eigenvalue weighted by Crippen LogP contribution is 2.30. The molecule has 2 aliphatic rings. The number of ether oxygens (including phenoxy) is 2. The maximum atomic E-state index is 5.39. The third-order valence-corrected chi connectivity index (χ3v) is 6.82. The van der Waals surface area contributed by atoms with Gasteiger partial charge in [0.1, 0.15) is 0 Å². The van der Waals surface area contributed by atoms with Crippen LogP contribution < -0.4 is 9.80 Å². The predicted octanol–water partition coefficient (Wildman–Crippen LogP) is 2.41. The summed E-state index contributed by atoms with van der Waals surface area (Å²) in [5.74, 6) is 1.99. The van der Waals surface area contributed by atoms with Crippen molar-refractivity contribution in [2.45, 2.75) is 13.3 Å². The number of aromatic nitrogens is 4. The maximum absolute atomic E-state index is 5.39. The van der Waals surface area contributed by atoms with E-state index in [2.05, 4.69) is 77.3 Å². The number of imidazole rings is 2. The van der Waals surface area contributed by atoms with Gasteiger partial charge in [0.2, 0.25) is 11.9 Å². The summed E-state index contributed by atoms with van der Waals surface area (Å²) in [7, 11) is 3.51. The van der Waals surface area contributed by atoms with Crippen LogP contribution in [0.4, 0.5) is 11.9 Å². The minimum Gasteiger partial charge on any atom is -0.383 e. The third kappa shape index (κ3) is 4.12. The van der Waals surface area contributed by atoms with Crippen LogP contribution in [0.2, 0.25) is 0 Å². The number of hydrogen-bond donors (Lipinski definition) is 0. The Morgan fingerprint density at radius 2 is 1.11 bits per heavy atom. The second-order valence-corrected chi connectivity index (χ2v) is 9.22. The minimum absolute atomic E-state index is 0.680. The normalized spacial score (nSPS) is 16.9. The molecule has 0 saturated carbocycles. The standard InChI is InChI=1S/C25H32N8O2/c1-34-13-11-28-15-30(24-26-20-7-3-5-9-22(20)32(24)17-28)19-31-16-29(12-14-35-2)18-33-23-10-6-4-8-21(23)27-25(31)33/h3-10H,11-19H2,1-2H3. The Morgan fingerprint density at radius 3 is 1.57 bits per heavy atom. The smallest absolute Gasteiger partial charge is 0.210 e. The number of hydrogen-bond acceptors (Lipinski definition) is 8. The van der Waals surface area contributed by atoms with E-state index in [4.69, 9.17) is 19.4 Å². The molecule has 10 heteroatoms. The molecule has 10 nitrogen and oxygen atoms in total. The van der Waals surface area contributed by atoms with E-state index in [-0.39, 0.29) is 0 Å². The Labute approximate surface area is 204 Å². The second-order valence-electron chi connectivity index (χ2n) is 9.22. The lowest BCUT2D eigenvalue weighted by Gasteiger charge is -2.43. The molecule has 0 saturated heterocycles. The fraction of sp³-hybridized carbons (Fsp3) is 0.440.